The quantitative estimate of drug-likeness (QED) is 0.473. The van der Waals surface area contributed by atoms with Crippen LogP contribution in [0.3, 0.4) is 0 Å². The minimum Gasteiger partial charge on any atom is -0.339 e. The molecule has 164 valence electrons. The number of amides is 1. The molecule has 7 heteroatoms. The minimum absolute atomic E-state index is 0.0223. The Bertz CT molecular complexity index is 927. The van der Waals surface area contributed by atoms with Crippen molar-refractivity contribution in [2.45, 2.75) is 68.9 Å². The lowest BCUT2D eigenvalue weighted by Crippen LogP contribution is -2.46. The summed E-state index contributed by atoms with van der Waals surface area (Å²) in [5, 5.41) is 1.00. The van der Waals surface area contributed by atoms with Crippen molar-refractivity contribution in [1.82, 2.24) is 19.4 Å². The smallest absolute Gasteiger partial charge is 0.262 e. The molecule has 2 atom stereocenters. The second-order valence-electron chi connectivity index (χ2n) is 8.37. The minimum atomic E-state index is -0.273. The molecular weight excluding hydrogens is 396 g/mol. The third-order valence-electron chi connectivity index (χ3n) is 5.83. The van der Waals surface area contributed by atoms with E-state index in [-0.39, 0.29) is 16.7 Å². The molecule has 0 radical (unpaired) electrons. The maximum Gasteiger partial charge on any atom is 0.262 e. The van der Waals surface area contributed by atoms with Gasteiger partial charge in [0, 0.05) is 19.1 Å². The van der Waals surface area contributed by atoms with Crippen LogP contribution >= 0.6 is 11.8 Å². The predicted octanol–water partition coefficient (Wildman–Crippen LogP) is 3.62. The van der Waals surface area contributed by atoms with Gasteiger partial charge in [-0.2, -0.15) is 0 Å². The molecule has 2 heterocycles. The lowest BCUT2D eigenvalue weighted by molar-refractivity contribution is -0.134. The molecule has 1 aliphatic heterocycles. The van der Waals surface area contributed by atoms with Crippen molar-refractivity contribution < 1.29 is 4.79 Å². The number of aromatic nitrogens is 2. The van der Waals surface area contributed by atoms with Gasteiger partial charge in [-0.3, -0.25) is 14.2 Å². The molecule has 30 heavy (non-hydrogen) atoms. The molecule has 3 rings (SSSR count). The fourth-order valence-electron chi connectivity index (χ4n) is 4.14. The van der Waals surface area contributed by atoms with E-state index < -0.39 is 0 Å². The molecule has 1 fully saturated rings. The van der Waals surface area contributed by atoms with Gasteiger partial charge in [0.1, 0.15) is 0 Å². The van der Waals surface area contributed by atoms with Crippen LogP contribution in [0.2, 0.25) is 0 Å². The van der Waals surface area contributed by atoms with Crippen molar-refractivity contribution in [2.24, 2.45) is 0 Å². The summed E-state index contributed by atoms with van der Waals surface area (Å²) in [6.07, 6.45) is 5.20. The van der Waals surface area contributed by atoms with Gasteiger partial charge in [0.25, 0.3) is 5.56 Å². The zero-order valence-electron chi connectivity index (χ0n) is 18.6. The van der Waals surface area contributed by atoms with Crippen LogP contribution in [-0.4, -0.2) is 63.7 Å². The summed E-state index contributed by atoms with van der Waals surface area (Å²) in [6.45, 7) is 6.42. The van der Waals surface area contributed by atoms with Crippen LogP contribution < -0.4 is 5.56 Å². The van der Waals surface area contributed by atoms with Crippen LogP contribution in [0, 0.1) is 0 Å². The summed E-state index contributed by atoms with van der Waals surface area (Å²) in [7, 11) is 4.06. The zero-order chi connectivity index (χ0) is 21.7. The summed E-state index contributed by atoms with van der Waals surface area (Å²) in [5.41, 5.74) is 0.670. The van der Waals surface area contributed by atoms with Gasteiger partial charge in [-0.1, -0.05) is 30.8 Å². The maximum atomic E-state index is 13.2. The number of carbonyl (C=O) groups excluding carboxylic acids is 1. The SMILES string of the molecule is CC[C@H]1CCCCN1C(=O)[C@@H](C)Sc1nc2ccccc2c(=O)n1CCCN(C)C. The Morgan fingerprint density at radius 3 is 2.80 bits per heavy atom. The molecule has 0 saturated carbocycles. The molecule has 6 nitrogen and oxygen atoms in total. The number of thioether (sulfide) groups is 1. The van der Waals surface area contributed by atoms with Gasteiger partial charge in [-0.05, 0) is 71.8 Å². The third kappa shape index (κ3) is 5.24. The second kappa shape index (κ2) is 10.4. The average molecular weight is 431 g/mol. The van der Waals surface area contributed by atoms with Crippen molar-refractivity contribution in [3.05, 3.63) is 34.6 Å². The van der Waals surface area contributed by atoms with Crippen molar-refractivity contribution in [3.8, 4) is 0 Å². The van der Waals surface area contributed by atoms with Gasteiger partial charge in [-0.25, -0.2) is 4.98 Å². The highest BCUT2D eigenvalue weighted by Gasteiger charge is 2.30. The normalized spacial score (nSPS) is 18.2. The van der Waals surface area contributed by atoms with E-state index in [1.165, 1.54) is 18.2 Å². The first-order valence-corrected chi connectivity index (χ1v) is 11.9. The third-order valence-corrected chi connectivity index (χ3v) is 6.90. The Morgan fingerprint density at radius 1 is 1.30 bits per heavy atom. The standard InChI is InChI=1S/C23H34N4O2S/c1-5-18-11-8-9-15-26(18)21(28)17(2)30-23-24-20-13-7-6-12-19(20)22(29)27(23)16-10-14-25(3)4/h6-7,12-13,17-18H,5,8-11,14-16H2,1-4H3/t17-,18+/m1/s1. The topological polar surface area (TPSA) is 58.4 Å². The summed E-state index contributed by atoms with van der Waals surface area (Å²) >= 11 is 1.42. The average Bonchev–Trinajstić information content (AvgIpc) is 2.75. The lowest BCUT2D eigenvalue weighted by atomic mass is 10.00. The van der Waals surface area contributed by atoms with Crippen molar-refractivity contribution in [3.63, 3.8) is 0 Å². The second-order valence-corrected chi connectivity index (χ2v) is 9.68. The number of para-hydroxylation sites is 1. The summed E-state index contributed by atoms with van der Waals surface area (Å²) in [6, 6.07) is 7.80. The Kier molecular flexibility index (Phi) is 7.94. The first kappa shape index (κ1) is 22.8. The fourth-order valence-corrected chi connectivity index (χ4v) is 5.14. The van der Waals surface area contributed by atoms with E-state index in [1.807, 2.05) is 45.3 Å². The molecule has 1 amide bonds. The van der Waals surface area contributed by atoms with Gasteiger partial charge < -0.3 is 9.80 Å². The van der Waals surface area contributed by atoms with Crippen molar-refractivity contribution >= 4 is 28.6 Å². The van der Waals surface area contributed by atoms with Crippen LogP contribution in [0.15, 0.2) is 34.2 Å². The summed E-state index contributed by atoms with van der Waals surface area (Å²) < 4.78 is 1.76. The first-order valence-electron chi connectivity index (χ1n) is 11.0. The van der Waals surface area contributed by atoms with E-state index in [9.17, 15) is 9.59 Å². The van der Waals surface area contributed by atoms with Crippen LogP contribution in [0.25, 0.3) is 10.9 Å². The van der Waals surface area contributed by atoms with E-state index >= 15 is 0 Å². The zero-order valence-corrected chi connectivity index (χ0v) is 19.5. The predicted molar refractivity (Wildman–Crippen MR) is 124 cm³/mol. The first-order chi connectivity index (χ1) is 14.4. The van der Waals surface area contributed by atoms with Gasteiger partial charge in [0.05, 0.1) is 16.2 Å². The van der Waals surface area contributed by atoms with E-state index in [0.29, 0.717) is 28.6 Å². The molecule has 0 bridgehead atoms. The maximum absolute atomic E-state index is 13.2. The summed E-state index contributed by atoms with van der Waals surface area (Å²) in [5.74, 6) is 0.161. The van der Waals surface area contributed by atoms with Gasteiger partial charge >= 0.3 is 0 Å². The molecule has 1 aromatic carbocycles. The Labute approximate surface area is 183 Å². The number of carbonyl (C=O) groups is 1. The van der Waals surface area contributed by atoms with Crippen LogP contribution in [0.5, 0.6) is 0 Å². The van der Waals surface area contributed by atoms with Gasteiger partial charge in [0.15, 0.2) is 5.16 Å². The van der Waals surface area contributed by atoms with Crippen LogP contribution in [0.4, 0.5) is 0 Å². The Morgan fingerprint density at radius 2 is 2.07 bits per heavy atom. The van der Waals surface area contributed by atoms with E-state index in [1.54, 1.807) is 4.57 Å². The number of nitrogens with zero attached hydrogens (tertiary/aromatic N) is 4. The number of hydrogen-bond donors (Lipinski definition) is 0. The largest absolute Gasteiger partial charge is 0.339 e. The Hall–Kier alpha value is -1.86. The molecule has 1 aromatic heterocycles. The molecule has 0 spiro atoms. The summed E-state index contributed by atoms with van der Waals surface area (Å²) in [4.78, 5) is 35.3. The van der Waals surface area contributed by atoms with E-state index in [2.05, 4.69) is 16.7 Å². The number of hydrogen-bond acceptors (Lipinski definition) is 5. The highest BCUT2D eigenvalue weighted by atomic mass is 32.2. The molecule has 1 saturated heterocycles. The monoisotopic (exact) mass is 430 g/mol. The number of fused-ring (bicyclic) bond motifs is 1. The van der Waals surface area contributed by atoms with E-state index in [4.69, 9.17) is 4.98 Å². The molecule has 0 N–H and O–H groups in total. The molecule has 1 aliphatic rings. The number of likely N-dealkylation sites (tertiary alicyclic amines) is 1. The van der Waals surface area contributed by atoms with Gasteiger partial charge in [0.2, 0.25) is 5.91 Å². The highest BCUT2D eigenvalue weighted by molar-refractivity contribution is 8.00. The number of rotatable bonds is 8. The van der Waals surface area contributed by atoms with Crippen LogP contribution in [-0.2, 0) is 11.3 Å². The number of benzene rings is 1. The molecule has 2 aromatic rings. The highest BCUT2D eigenvalue weighted by Crippen LogP contribution is 2.27. The number of piperidine rings is 1. The molecular formula is C23H34N4O2S. The lowest BCUT2D eigenvalue weighted by Gasteiger charge is -2.36. The Balaban J connectivity index is 1.87. The fraction of sp³-hybridized carbons (Fsp3) is 0.609. The van der Waals surface area contributed by atoms with Crippen molar-refractivity contribution in [2.75, 3.05) is 27.2 Å². The molecule has 0 unspecified atom stereocenters. The molecule has 0 aliphatic carbocycles. The van der Waals surface area contributed by atoms with E-state index in [0.717, 1.165) is 38.8 Å². The van der Waals surface area contributed by atoms with Crippen molar-refractivity contribution in [1.29, 1.82) is 0 Å². The van der Waals surface area contributed by atoms with Crippen LogP contribution in [0.1, 0.15) is 46.0 Å². The van der Waals surface area contributed by atoms with Gasteiger partial charge in [-0.15, -0.1) is 0 Å².